The summed E-state index contributed by atoms with van der Waals surface area (Å²) in [6.07, 6.45) is -5.99. The highest BCUT2D eigenvalue weighted by atomic mass is 19.4. The number of carbonyl (C=O) groups excluding carboxylic acids is 2. The number of hydrogen-bond donors (Lipinski definition) is 0. The molecule has 2 amide bonds. The molecule has 0 aliphatic carbocycles. The molecule has 2 aliphatic heterocycles. The predicted molar refractivity (Wildman–Crippen MR) is 110 cm³/mol. The van der Waals surface area contributed by atoms with Crippen molar-refractivity contribution in [3.05, 3.63) is 29.8 Å². The second-order valence-corrected chi connectivity index (χ2v) is 9.14. The van der Waals surface area contributed by atoms with Crippen molar-refractivity contribution in [1.82, 2.24) is 9.80 Å². The van der Waals surface area contributed by atoms with Crippen LogP contribution < -0.4 is 5.46 Å². The number of hydrogen-bond acceptors (Lipinski definition) is 4. The van der Waals surface area contributed by atoms with Crippen molar-refractivity contribution in [2.75, 3.05) is 20.1 Å². The lowest BCUT2D eigenvalue weighted by molar-refractivity contribution is -0.148. The summed E-state index contributed by atoms with van der Waals surface area (Å²) in [5, 5.41) is 0. The maximum atomic E-state index is 13.2. The summed E-state index contributed by atoms with van der Waals surface area (Å²) in [5.74, 6) is -0.960. The van der Waals surface area contributed by atoms with Crippen LogP contribution in [0, 0.1) is 0 Å². The van der Waals surface area contributed by atoms with Crippen LogP contribution >= 0.6 is 0 Å². The molecule has 31 heavy (non-hydrogen) atoms. The third-order valence-electron chi connectivity index (χ3n) is 6.33. The second kappa shape index (κ2) is 8.13. The summed E-state index contributed by atoms with van der Waals surface area (Å²) in [6, 6.07) is 5.51. The molecule has 0 radical (unpaired) electrons. The van der Waals surface area contributed by atoms with E-state index in [0.29, 0.717) is 5.46 Å². The van der Waals surface area contributed by atoms with E-state index >= 15 is 0 Å². The zero-order valence-electron chi connectivity index (χ0n) is 18.5. The first kappa shape index (κ1) is 23.6. The van der Waals surface area contributed by atoms with Gasteiger partial charge in [-0.25, -0.2) is 0 Å². The Bertz CT molecular complexity index is 843. The first-order valence-electron chi connectivity index (χ1n) is 10.3. The fraction of sp³-hybridized carbons (Fsp3) is 0.619. The summed E-state index contributed by atoms with van der Waals surface area (Å²) in [7, 11) is 0.858. The molecule has 2 fully saturated rings. The Morgan fingerprint density at radius 3 is 2.35 bits per heavy atom. The van der Waals surface area contributed by atoms with E-state index in [-0.39, 0.29) is 18.7 Å². The Morgan fingerprint density at radius 2 is 1.77 bits per heavy atom. The van der Waals surface area contributed by atoms with Gasteiger partial charge in [0.1, 0.15) is 6.04 Å². The molecule has 1 unspecified atom stereocenters. The molecule has 0 aromatic heterocycles. The van der Waals surface area contributed by atoms with Crippen LogP contribution in [0.5, 0.6) is 0 Å². The predicted octanol–water partition coefficient (Wildman–Crippen LogP) is 2.61. The Balaban J connectivity index is 1.83. The smallest absolute Gasteiger partial charge is 0.399 e. The maximum absolute atomic E-state index is 13.2. The lowest BCUT2D eigenvalue weighted by Gasteiger charge is -2.39. The van der Waals surface area contributed by atoms with Crippen molar-refractivity contribution >= 4 is 24.4 Å². The quantitative estimate of drug-likeness (QED) is 0.676. The fourth-order valence-corrected chi connectivity index (χ4v) is 3.70. The molecular formula is C21H28BF3N2O4. The van der Waals surface area contributed by atoms with Crippen LogP contribution in [0.3, 0.4) is 0 Å². The second-order valence-electron chi connectivity index (χ2n) is 9.14. The molecule has 2 saturated heterocycles. The number of piperazine rings is 1. The van der Waals surface area contributed by atoms with Crippen molar-refractivity contribution < 1.29 is 32.1 Å². The number of rotatable bonds is 4. The van der Waals surface area contributed by atoms with Crippen LogP contribution in [-0.4, -0.2) is 72.3 Å². The summed E-state index contributed by atoms with van der Waals surface area (Å²) < 4.78 is 50.4. The largest absolute Gasteiger partial charge is 0.494 e. The van der Waals surface area contributed by atoms with Crippen LogP contribution in [0.15, 0.2) is 24.3 Å². The van der Waals surface area contributed by atoms with Gasteiger partial charge in [-0.1, -0.05) is 12.1 Å². The van der Waals surface area contributed by atoms with Crippen molar-refractivity contribution in [2.24, 2.45) is 0 Å². The first-order valence-corrected chi connectivity index (χ1v) is 10.3. The number of carbonyl (C=O) groups is 2. The van der Waals surface area contributed by atoms with Crippen molar-refractivity contribution in [1.29, 1.82) is 0 Å². The minimum absolute atomic E-state index is 0.171. The van der Waals surface area contributed by atoms with Gasteiger partial charge in [-0.3, -0.25) is 9.59 Å². The highest BCUT2D eigenvalue weighted by molar-refractivity contribution is 6.62. The van der Waals surface area contributed by atoms with Crippen molar-refractivity contribution in [3.63, 3.8) is 0 Å². The van der Waals surface area contributed by atoms with E-state index in [2.05, 4.69) is 0 Å². The number of benzene rings is 1. The van der Waals surface area contributed by atoms with Gasteiger partial charge in [0.25, 0.3) is 5.91 Å². The molecular weight excluding hydrogens is 412 g/mol. The topological polar surface area (TPSA) is 59.1 Å². The molecule has 0 bridgehead atoms. The Kier molecular flexibility index (Phi) is 6.19. The number of halogens is 3. The highest BCUT2D eigenvalue weighted by Gasteiger charge is 2.51. The molecule has 10 heteroatoms. The molecule has 170 valence electrons. The monoisotopic (exact) mass is 440 g/mol. The van der Waals surface area contributed by atoms with Gasteiger partial charge < -0.3 is 19.1 Å². The maximum Gasteiger partial charge on any atom is 0.494 e. The van der Waals surface area contributed by atoms with E-state index in [1.54, 1.807) is 24.3 Å². The summed E-state index contributed by atoms with van der Waals surface area (Å²) in [6.45, 7) is 8.12. The zero-order valence-corrected chi connectivity index (χ0v) is 18.5. The van der Waals surface area contributed by atoms with Crippen LogP contribution in [0.4, 0.5) is 13.2 Å². The first-order chi connectivity index (χ1) is 14.2. The van der Waals surface area contributed by atoms with Gasteiger partial charge in [0.05, 0.1) is 11.2 Å². The van der Waals surface area contributed by atoms with Gasteiger partial charge in [0, 0.05) is 32.1 Å². The molecule has 1 atom stereocenters. The summed E-state index contributed by atoms with van der Waals surface area (Å²) in [4.78, 5) is 28.3. The van der Waals surface area contributed by atoms with Crippen LogP contribution in [0.25, 0.3) is 0 Å². The molecule has 3 rings (SSSR count). The van der Waals surface area contributed by atoms with Gasteiger partial charge in [-0.15, -0.1) is 0 Å². The molecule has 6 nitrogen and oxygen atoms in total. The minimum Gasteiger partial charge on any atom is -0.399 e. The summed E-state index contributed by atoms with van der Waals surface area (Å²) in [5.41, 5.74) is -0.188. The number of alkyl halides is 3. The van der Waals surface area contributed by atoms with Crippen LogP contribution in [0.2, 0.25) is 0 Å². The molecule has 0 saturated carbocycles. The SMILES string of the molecule is CN1CCN(C(=O)c2cccc(B3OC(C)(C)C(C)(C)O3)c2)C(CCC(F)(F)F)C1=O. The van der Waals surface area contributed by atoms with E-state index < -0.39 is 55.2 Å². The Morgan fingerprint density at radius 1 is 1.16 bits per heavy atom. The van der Waals surface area contributed by atoms with E-state index in [9.17, 15) is 22.8 Å². The van der Waals surface area contributed by atoms with E-state index in [1.165, 1.54) is 16.8 Å². The standard InChI is InChI=1S/C21H28BF3N2O4/c1-19(2)20(3,4)31-22(30-19)15-8-6-7-14(13-15)17(28)27-12-11-26(5)18(29)16(27)9-10-21(23,24)25/h6-8,13,16H,9-12H2,1-5H3. The van der Waals surface area contributed by atoms with Crippen LogP contribution in [0.1, 0.15) is 50.9 Å². The molecule has 0 spiro atoms. The average molecular weight is 440 g/mol. The van der Waals surface area contributed by atoms with Gasteiger partial charge in [-0.2, -0.15) is 13.2 Å². The minimum atomic E-state index is -4.40. The van der Waals surface area contributed by atoms with Crippen molar-refractivity contribution in [2.45, 2.75) is 64.0 Å². The molecule has 0 N–H and O–H groups in total. The number of nitrogens with zero attached hydrogens (tertiary/aromatic N) is 2. The fourth-order valence-electron chi connectivity index (χ4n) is 3.70. The average Bonchev–Trinajstić information content (AvgIpc) is 2.89. The lowest BCUT2D eigenvalue weighted by Crippen LogP contribution is -2.57. The molecule has 2 heterocycles. The third kappa shape index (κ3) is 4.90. The Hall–Kier alpha value is -2.07. The van der Waals surface area contributed by atoms with Gasteiger partial charge in [0.2, 0.25) is 5.91 Å². The van der Waals surface area contributed by atoms with Gasteiger partial charge >= 0.3 is 13.3 Å². The zero-order chi connectivity index (χ0) is 23.2. The highest BCUT2D eigenvalue weighted by Crippen LogP contribution is 2.36. The van der Waals surface area contributed by atoms with E-state index in [0.717, 1.165) is 0 Å². The normalized spacial score (nSPS) is 23.4. The number of amides is 2. The van der Waals surface area contributed by atoms with Crippen molar-refractivity contribution in [3.8, 4) is 0 Å². The molecule has 1 aromatic rings. The van der Waals surface area contributed by atoms with E-state index in [4.69, 9.17) is 9.31 Å². The lowest BCUT2D eigenvalue weighted by atomic mass is 9.78. The third-order valence-corrected chi connectivity index (χ3v) is 6.33. The van der Waals surface area contributed by atoms with E-state index in [1.807, 2.05) is 27.7 Å². The summed E-state index contributed by atoms with van der Waals surface area (Å²) >= 11 is 0. The van der Waals surface area contributed by atoms with Gasteiger partial charge in [-0.05, 0) is 51.7 Å². The Labute approximate surface area is 180 Å². The number of likely N-dealkylation sites (N-methyl/N-ethyl adjacent to an activating group) is 1. The van der Waals surface area contributed by atoms with Crippen LogP contribution in [-0.2, 0) is 14.1 Å². The molecule has 2 aliphatic rings. The molecule has 1 aromatic carbocycles. The van der Waals surface area contributed by atoms with Gasteiger partial charge in [0.15, 0.2) is 0 Å².